The van der Waals surface area contributed by atoms with Crippen LogP contribution in [0.5, 0.6) is 0 Å². The SMILES string of the molecule is C=C1[C@]23C[C@H](C(=O)O[C@@]1(C)[C@H](OC(C)=O)C1=C(C)[C@@]4(C=CC(=O)OC4(C)C)CC[C@]12C)[C@H](C)OC3=O. The second kappa shape index (κ2) is 7.11. The van der Waals surface area contributed by atoms with Gasteiger partial charge in [-0.05, 0) is 65.0 Å². The van der Waals surface area contributed by atoms with Gasteiger partial charge in [0.25, 0.3) is 0 Å². The monoisotopic (exact) mass is 498 g/mol. The van der Waals surface area contributed by atoms with Crippen molar-refractivity contribution in [1.82, 2.24) is 0 Å². The Morgan fingerprint density at radius 3 is 2.39 bits per heavy atom. The van der Waals surface area contributed by atoms with Gasteiger partial charge >= 0.3 is 23.9 Å². The first-order valence-corrected chi connectivity index (χ1v) is 12.5. The van der Waals surface area contributed by atoms with E-state index in [4.69, 9.17) is 18.9 Å². The summed E-state index contributed by atoms with van der Waals surface area (Å²) in [4.78, 5) is 52.0. The van der Waals surface area contributed by atoms with Crippen molar-refractivity contribution in [1.29, 1.82) is 0 Å². The molecule has 0 aromatic carbocycles. The molecule has 0 aromatic heterocycles. The van der Waals surface area contributed by atoms with E-state index in [0.717, 1.165) is 5.57 Å². The highest BCUT2D eigenvalue weighted by Gasteiger charge is 2.76. The van der Waals surface area contributed by atoms with Crippen LogP contribution in [0.4, 0.5) is 0 Å². The Hall–Kier alpha value is -2.90. The van der Waals surface area contributed by atoms with Crippen molar-refractivity contribution in [3.63, 3.8) is 0 Å². The molecule has 0 aromatic rings. The maximum atomic E-state index is 13.9. The fraction of sp³-hybridized carbons (Fsp3) is 0.643. The van der Waals surface area contributed by atoms with Crippen molar-refractivity contribution < 1.29 is 38.1 Å². The summed E-state index contributed by atoms with van der Waals surface area (Å²) in [7, 11) is 0. The highest BCUT2D eigenvalue weighted by molar-refractivity contribution is 5.90. The van der Waals surface area contributed by atoms with Gasteiger partial charge in [-0.25, -0.2) is 4.79 Å². The minimum atomic E-state index is -1.49. The molecule has 1 saturated carbocycles. The summed E-state index contributed by atoms with van der Waals surface area (Å²) < 4.78 is 23.7. The largest absolute Gasteiger partial charge is 0.461 e. The maximum absolute atomic E-state index is 13.9. The number of ether oxygens (including phenoxy) is 4. The van der Waals surface area contributed by atoms with Gasteiger partial charge in [0.15, 0.2) is 11.7 Å². The number of rotatable bonds is 1. The second-order valence-corrected chi connectivity index (χ2v) is 11.9. The highest BCUT2D eigenvalue weighted by atomic mass is 16.6. The van der Waals surface area contributed by atoms with Crippen LogP contribution in [0, 0.1) is 22.2 Å². The third-order valence-electron chi connectivity index (χ3n) is 10.1. The Balaban J connectivity index is 1.88. The fourth-order valence-electron chi connectivity index (χ4n) is 7.93. The van der Waals surface area contributed by atoms with Gasteiger partial charge in [-0.1, -0.05) is 25.2 Å². The summed E-state index contributed by atoms with van der Waals surface area (Å²) in [6.45, 7) is 16.7. The molecule has 0 amide bonds. The lowest BCUT2D eigenvalue weighted by atomic mass is 9.40. The van der Waals surface area contributed by atoms with Gasteiger partial charge in [0.1, 0.15) is 17.1 Å². The van der Waals surface area contributed by atoms with Crippen LogP contribution < -0.4 is 0 Å². The predicted molar refractivity (Wildman–Crippen MR) is 127 cm³/mol. The van der Waals surface area contributed by atoms with Crippen molar-refractivity contribution in [2.45, 2.75) is 91.1 Å². The fourth-order valence-corrected chi connectivity index (χ4v) is 7.93. The summed E-state index contributed by atoms with van der Waals surface area (Å²) in [6, 6.07) is 0. The van der Waals surface area contributed by atoms with Crippen LogP contribution in [0.2, 0.25) is 0 Å². The van der Waals surface area contributed by atoms with Crippen LogP contribution in [0.25, 0.3) is 0 Å². The van der Waals surface area contributed by atoms with E-state index in [1.54, 1.807) is 13.8 Å². The average Bonchev–Trinajstić information content (AvgIpc) is 2.81. The van der Waals surface area contributed by atoms with Gasteiger partial charge < -0.3 is 18.9 Å². The van der Waals surface area contributed by atoms with E-state index in [2.05, 4.69) is 6.58 Å². The van der Waals surface area contributed by atoms with Crippen molar-refractivity contribution in [3.8, 4) is 0 Å². The molecule has 0 N–H and O–H groups in total. The van der Waals surface area contributed by atoms with Crippen LogP contribution >= 0.6 is 0 Å². The lowest BCUT2D eigenvalue weighted by Crippen LogP contribution is -2.68. The first kappa shape index (κ1) is 24.8. The molecule has 3 bridgehead atoms. The van der Waals surface area contributed by atoms with Gasteiger partial charge in [-0.15, -0.1) is 0 Å². The molecule has 3 fully saturated rings. The predicted octanol–water partition coefficient (Wildman–Crippen LogP) is 3.74. The Bertz CT molecular complexity index is 1190. The first-order valence-electron chi connectivity index (χ1n) is 12.5. The van der Waals surface area contributed by atoms with Crippen LogP contribution in [-0.2, 0) is 38.1 Å². The third kappa shape index (κ3) is 2.65. The molecule has 8 heteroatoms. The number of fused-ring (bicyclic) bond motifs is 3. The van der Waals surface area contributed by atoms with E-state index >= 15 is 0 Å². The molecule has 8 nitrogen and oxygen atoms in total. The maximum Gasteiger partial charge on any atom is 0.331 e. The van der Waals surface area contributed by atoms with Gasteiger partial charge in [0.2, 0.25) is 0 Å². The minimum absolute atomic E-state index is 0.210. The number of cyclic esters (lactones) is 2. The van der Waals surface area contributed by atoms with Gasteiger partial charge in [0.05, 0.1) is 5.92 Å². The zero-order valence-electron chi connectivity index (χ0n) is 22.0. The molecule has 5 rings (SSSR count). The Kier molecular flexibility index (Phi) is 4.89. The topological polar surface area (TPSA) is 105 Å². The van der Waals surface area contributed by atoms with Gasteiger partial charge in [0, 0.05) is 23.8 Å². The molecule has 2 saturated heterocycles. The molecule has 0 unspecified atom stereocenters. The standard InChI is InChI=1S/C28H34O8/c1-14-20-21(34-17(4)29)26(8)16(3)28(13-18(22(31)36-26)15(2)33-23(28)32)25(20,7)11-12-27(14)10-9-19(30)35-24(27,5)6/h9-10,15,18,21H,3,11-13H2,1-2,4-8H3/t15-,18-,21+,25+,26+,27+,28-/m0/s1. The molecule has 194 valence electrons. The van der Waals surface area contributed by atoms with Crippen molar-refractivity contribution in [3.05, 3.63) is 35.5 Å². The van der Waals surface area contributed by atoms with Crippen LogP contribution in [0.15, 0.2) is 35.5 Å². The van der Waals surface area contributed by atoms with Crippen LogP contribution in [0.3, 0.4) is 0 Å². The molecule has 36 heavy (non-hydrogen) atoms. The number of hydrogen-bond acceptors (Lipinski definition) is 8. The molecule has 3 aliphatic heterocycles. The minimum Gasteiger partial charge on any atom is -0.461 e. The van der Waals surface area contributed by atoms with E-state index in [1.807, 2.05) is 33.8 Å². The van der Waals surface area contributed by atoms with Crippen molar-refractivity contribution in [2.24, 2.45) is 22.2 Å². The van der Waals surface area contributed by atoms with E-state index in [0.29, 0.717) is 24.0 Å². The molecule has 0 radical (unpaired) electrons. The van der Waals surface area contributed by atoms with Crippen molar-refractivity contribution >= 4 is 23.9 Å². The molecule has 2 spiro atoms. The molecule has 2 aliphatic carbocycles. The van der Waals surface area contributed by atoms with Crippen LogP contribution in [-0.4, -0.2) is 47.3 Å². The Morgan fingerprint density at radius 2 is 1.78 bits per heavy atom. The van der Waals surface area contributed by atoms with Gasteiger partial charge in [-0.3, -0.25) is 14.4 Å². The molecule has 5 aliphatic rings. The lowest BCUT2D eigenvalue weighted by molar-refractivity contribution is -0.189. The van der Waals surface area contributed by atoms with Gasteiger partial charge in [-0.2, -0.15) is 0 Å². The van der Waals surface area contributed by atoms with E-state index in [-0.39, 0.29) is 6.42 Å². The summed E-state index contributed by atoms with van der Waals surface area (Å²) in [5, 5.41) is 0. The molecule has 3 heterocycles. The van der Waals surface area contributed by atoms with E-state index in [1.165, 1.54) is 13.0 Å². The third-order valence-corrected chi connectivity index (χ3v) is 10.1. The van der Waals surface area contributed by atoms with E-state index < -0.39 is 69.5 Å². The second-order valence-electron chi connectivity index (χ2n) is 11.9. The van der Waals surface area contributed by atoms with Crippen molar-refractivity contribution in [2.75, 3.05) is 0 Å². The Labute approximate surface area is 211 Å². The Morgan fingerprint density at radius 1 is 1.11 bits per heavy atom. The smallest absolute Gasteiger partial charge is 0.331 e. The van der Waals surface area contributed by atoms with E-state index in [9.17, 15) is 19.2 Å². The van der Waals surface area contributed by atoms with Crippen LogP contribution in [0.1, 0.15) is 67.7 Å². The molecular weight excluding hydrogens is 464 g/mol. The number of hydrogen-bond donors (Lipinski definition) is 0. The highest BCUT2D eigenvalue weighted by Crippen LogP contribution is 2.72. The normalized spacial score (nSPS) is 44.8. The number of esters is 4. The summed E-state index contributed by atoms with van der Waals surface area (Å²) in [5.41, 5.74) is -3.31. The first-order chi connectivity index (χ1) is 16.6. The summed E-state index contributed by atoms with van der Waals surface area (Å²) in [6.07, 6.45) is 2.91. The molecule has 7 atom stereocenters. The number of carbonyl (C=O) groups is 4. The zero-order chi connectivity index (χ0) is 26.6. The molecular formula is C28H34O8. The summed E-state index contributed by atoms with van der Waals surface area (Å²) >= 11 is 0. The zero-order valence-corrected chi connectivity index (χ0v) is 22.0. The average molecular weight is 499 g/mol. The number of carbonyl (C=O) groups excluding carboxylic acids is 4. The quantitative estimate of drug-likeness (QED) is 0.306. The summed E-state index contributed by atoms with van der Waals surface area (Å²) in [5.74, 6) is -2.57. The lowest BCUT2D eigenvalue weighted by Gasteiger charge is -2.64.